The molecule has 2 rings (SSSR count). The SMILES string of the molecule is N#CC(C#N)=C(N)/C(C#N)=C\c1ccc(-c2ccc(C(F)(F)F)cc2)s1. The summed E-state index contributed by atoms with van der Waals surface area (Å²) in [5, 5.41) is 26.8. The van der Waals surface area contributed by atoms with E-state index in [1.165, 1.54) is 29.5 Å². The Kier molecular flexibility index (Phi) is 5.47. The van der Waals surface area contributed by atoms with E-state index in [9.17, 15) is 18.4 Å². The van der Waals surface area contributed by atoms with Crippen molar-refractivity contribution in [2.24, 2.45) is 5.73 Å². The van der Waals surface area contributed by atoms with Crippen LogP contribution in [0, 0.1) is 34.0 Å². The Morgan fingerprint density at radius 1 is 0.962 bits per heavy atom. The number of nitrogens with zero attached hydrogens (tertiary/aromatic N) is 3. The fourth-order valence-corrected chi connectivity index (χ4v) is 2.96. The number of thiophene rings is 1. The van der Waals surface area contributed by atoms with Crippen molar-refractivity contribution in [3.8, 4) is 28.6 Å². The highest BCUT2D eigenvalue weighted by Gasteiger charge is 2.30. The van der Waals surface area contributed by atoms with E-state index in [1.54, 1.807) is 24.3 Å². The Morgan fingerprint density at radius 3 is 2.08 bits per heavy atom. The summed E-state index contributed by atoms with van der Waals surface area (Å²) in [5.74, 6) is 0. The Balaban J connectivity index is 2.36. The number of hydrogen-bond acceptors (Lipinski definition) is 5. The predicted molar refractivity (Wildman–Crippen MR) is 90.8 cm³/mol. The summed E-state index contributed by atoms with van der Waals surface area (Å²) < 4.78 is 37.8. The first-order chi connectivity index (χ1) is 12.3. The van der Waals surface area contributed by atoms with Crippen LogP contribution in [0.2, 0.25) is 0 Å². The number of alkyl halides is 3. The van der Waals surface area contributed by atoms with Gasteiger partial charge in [-0.1, -0.05) is 12.1 Å². The molecule has 0 saturated heterocycles. The number of nitriles is 3. The third-order valence-corrected chi connectivity index (χ3v) is 4.40. The molecule has 128 valence electrons. The number of benzene rings is 1. The molecular weight excluding hydrogens is 361 g/mol. The number of allylic oxidation sites excluding steroid dienone is 2. The van der Waals surface area contributed by atoms with Crippen LogP contribution in [-0.2, 0) is 6.18 Å². The topological polar surface area (TPSA) is 97.4 Å². The highest BCUT2D eigenvalue weighted by molar-refractivity contribution is 7.16. The lowest BCUT2D eigenvalue weighted by atomic mass is 10.1. The molecule has 2 aromatic rings. The first-order valence-corrected chi connectivity index (χ1v) is 7.81. The minimum atomic E-state index is -4.40. The zero-order valence-electron chi connectivity index (χ0n) is 13.0. The number of nitrogens with two attached hydrogens (primary N) is 1. The standard InChI is InChI=1S/C18H9F3N4S/c19-18(20,21)14-3-1-11(2-4-14)16-6-5-15(26-16)7-12(8-22)17(25)13(9-23)10-24/h1-7H,25H2/b12-7-. The zero-order valence-corrected chi connectivity index (χ0v) is 13.8. The summed E-state index contributed by atoms with van der Waals surface area (Å²) in [7, 11) is 0. The van der Waals surface area contributed by atoms with Gasteiger partial charge in [-0.25, -0.2) is 0 Å². The van der Waals surface area contributed by atoms with E-state index >= 15 is 0 Å². The fourth-order valence-electron chi connectivity index (χ4n) is 2.00. The van der Waals surface area contributed by atoms with E-state index in [0.717, 1.165) is 12.1 Å². The van der Waals surface area contributed by atoms with Crippen molar-refractivity contribution in [1.29, 1.82) is 15.8 Å². The van der Waals surface area contributed by atoms with Gasteiger partial charge in [-0.2, -0.15) is 29.0 Å². The molecule has 1 aromatic carbocycles. The lowest BCUT2D eigenvalue weighted by Crippen LogP contribution is -2.03. The molecular formula is C18H9F3N4S. The maximum atomic E-state index is 12.6. The molecule has 0 aliphatic rings. The van der Waals surface area contributed by atoms with Gasteiger partial charge in [0.25, 0.3) is 0 Å². The van der Waals surface area contributed by atoms with Crippen LogP contribution in [0.5, 0.6) is 0 Å². The lowest BCUT2D eigenvalue weighted by Gasteiger charge is -2.06. The molecule has 0 bridgehead atoms. The van der Waals surface area contributed by atoms with Gasteiger partial charge in [0.05, 0.1) is 16.8 Å². The smallest absolute Gasteiger partial charge is 0.396 e. The third kappa shape index (κ3) is 4.10. The van der Waals surface area contributed by atoms with Crippen LogP contribution >= 0.6 is 11.3 Å². The van der Waals surface area contributed by atoms with Gasteiger partial charge in [-0.05, 0) is 35.9 Å². The van der Waals surface area contributed by atoms with Crippen molar-refractivity contribution in [3.63, 3.8) is 0 Å². The van der Waals surface area contributed by atoms with Crippen molar-refractivity contribution < 1.29 is 13.2 Å². The molecule has 0 fully saturated rings. The van der Waals surface area contributed by atoms with E-state index in [-0.39, 0.29) is 16.8 Å². The van der Waals surface area contributed by atoms with Crippen molar-refractivity contribution in [2.75, 3.05) is 0 Å². The normalized spacial score (nSPS) is 11.2. The Labute approximate surface area is 151 Å². The van der Waals surface area contributed by atoms with E-state index in [0.29, 0.717) is 15.3 Å². The van der Waals surface area contributed by atoms with E-state index in [4.69, 9.17) is 16.3 Å². The average Bonchev–Trinajstić information content (AvgIpc) is 3.08. The highest BCUT2D eigenvalue weighted by Crippen LogP contribution is 2.33. The number of hydrogen-bond donors (Lipinski definition) is 1. The monoisotopic (exact) mass is 370 g/mol. The van der Waals surface area contributed by atoms with Gasteiger partial charge < -0.3 is 5.73 Å². The van der Waals surface area contributed by atoms with Gasteiger partial charge in [0.2, 0.25) is 0 Å². The molecule has 8 heteroatoms. The molecule has 2 N–H and O–H groups in total. The van der Waals surface area contributed by atoms with Crippen molar-refractivity contribution in [3.05, 3.63) is 63.7 Å². The van der Waals surface area contributed by atoms with Crippen LogP contribution in [0.4, 0.5) is 13.2 Å². The van der Waals surface area contributed by atoms with Crippen molar-refractivity contribution in [1.82, 2.24) is 0 Å². The molecule has 26 heavy (non-hydrogen) atoms. The molecule has 0 aliphatic heterocycles. The first kappa shape index (κ1) is 18.8. The predicted octanol–water partition coefficient (Wildman–Crippen LogP) is 4.60. The molecule has 1 heterocycles. The summed E-state index contributed by atoms with van der Waals surface area (Å²) >= 11 is 1.23. The van der Waals surface area contributed by atoms with E-state index in [1.807, 2.05) is 6.07 Å². The largest absolute Gasteiger partial charge is 0.416 e. The molecule has 0 spiro atoms. The summed E-state index contributed by atoms with van der Waals surface area (Å²) in [5.41, 5.74) is 4.90. The molecule has 0 radical (unpaired) electrons. The van der Waals surface area contributed by atoms with Crippen molar-refractivity contribution in [2.45, 2.75) is 6.18 Å². The Hall–Kier alpha value is -3.54. The quantitative estimate of drug-likeness (QED) is 0.630. The molecule has 1 aromatic heterocycles. The first-order valence-electron chi connectivity index (χ1n) is 6.99. The Morgan fingerprint density at radius 2 is 1.58 bits per heavy atom. The van der Waals surface area contributed by atoms with E-state index in [2.05, 4.69) is 0 Å². The van der Waals surface area contributed by atoms with Gasteiger partial charge >= 0.3 is 6.18 Å². The second-order valence-corrected chi connectivity index (χ2v) is 6.07. The van der Waals surface area contributed by atoms with Crippen LogP contribution in [-0.4, -0.2) is 0 Å². The van der Waals surface area contributed by atoms with Gasteiger partial charge in [-0.15, -0.1) is 11.3 Å². The second-order valence-electron chi connectivity index (χ2n) is 4.96. The second kappa shape index (κ2) is 7.57. The van der Waals surface area contributed by atoms with E-state index < -0.39 is 11.7 Å². The van der Waals surface area contributed by atoms with Crippen LogP contribution in [0.25, 0.3) is 16.5 Å². The molecule has 0 unspecified atom stereocenters. The summed E-state index contributed by atoms with van der Waals surface area (Å²) in [6.45, 7) is 0. The molecule has 0 saturated carbocycles. The van der Waals surface area contributed by atoms with Crippen molar-refractivity contribution >= 4 is 17.4 Å². The maximum Gasteiger partial charge on any atom is 0.416 e. The van der Waals surface area contributed by atoms with Crippen LogP contribution in [0.3, 0.4) is 0 Å². The molecule has 0 aliphatic carbocycles. The highest BCUT2D eigenvalue weighted by atomic mass is 32.1. The fraction of sp³-hybridized carbons (Fsp3) is 0.0556. The number of halogens is 3. The maximum absolute atomic E-state index is 12.6. The van der Waals surface area contributed by atoms with Crippen LogP contribution in [0.15, 0.2) is 53.2 Å². The summed E-state index contributed by atoms with van der Waals surface area (Å²) in [6.07, 6.45) is -2.98. The zero-order chi connectivity index (χ0) is 19.3. The number of rotatable bonds is 3. The van der Waals surface area contributed by atoms with Gasteiger partial charge in [0.15, 0.2) is 5.57 Å². The molecule has 0 amide bonds. The lowest BCUT2D eigenvalue weighted by molar-refractivity contribution is -0.137. The minimum absolute atomic E-state index is 0.0380. The molecule has 0 atom stereocenters. The summed E-state index contributed by atoms with van der Waals surface area (Å²) in [6, 6.07) is 13.2. The minimum Gasteiger partial charge on any atom is -0.396 e. The third-order valence-electron chi connectivity index (χ3n) is 3.31. The van der Waals surface area contributed by atoms with Gasteiger partial charge in [0, 0.05) is 9.75 Å². The van der Waals surface area contributed by atoms with Crippen LogP contribution < -0.4 is 5.73 Å². The van der Waals surface area contributed by atoms with Gasteiger partial charge in [0.1, 0.15) is 18.2 Å². The van der Waals surface area contributed by atoms with Crippen LogP contribution in [0.1, 0.15) is 10.4 Å². The summed E-state index contributed by atoms with van der Waals surface area (Å²) in [4.78, 5) is 1.31. The molecule has 4 nitrogen and oxygen atoms in total. The average molecular weight is 370 g/mol. The Bertz CT molecular complexity index is 991. The van der Waals surface area contributed by atoms with Gasteiger partial charge in [-0.3, -0.25) is 0 Å².